The fourth-order valence-electron chi connectivity index (χ4n) is 3.20. The third-order valence-corrected chi connectivity index (χ3v) is 6.77. The van der Waals surface area contributed by atoms with Gasteiger partial charge in [0.05, 0.1) is 21.7 Å². The molecule has 0 aromatic heterocycles. The van der Waals surface area contributed by atoms with E-state index in [1.807, 2.05) is 49.4 Å². The van der Waals surface area contributed by atoms with Crippen LogP contribution >= 0.6 is 66.1 Å². The van der Waals surface area contributed by atoms with Crippen molar-refractivity contribution < 1.29 is 19.0 Å². The highest BCUT2D eigenvalue weighted by Crippen LogP contribution is 2.38. The van der Waals surface area contributed by atoms with Crippen LogP contribution in [0.2, 0.25) is 5.02 Å². The van der Waals surface area contributed by atoms with Crippen LogP contribution < -0.4 is 9.47 Å². The lowest BCUT2D eigenvalue weighted by molar-refractivity contribution is -0.129. The lowest BCUT2D eigenvalue weighted by atomic mass is 10.1. The van der Waals surface area contributed by atoms with E-state index in [1.54, 1.807) is 18.2 Å². The fourth-order valence-corrected chi connectivity index (χ4v) is 4.91. The number of hydrogen-bond donors (Lipinski definition) is 0. The van der Waals surface area contributed by atoms with Crippen molar-refractivity contribution in [2.24, 2.45) is 4.99 Å². The minimum atomic E-state index is -0.547. The summed E-state index contributed by atoms with van der Waals surface area (Å²) >= 11 is 15.5. The average molecular weight is 718 g/mol. The summed E-state index contributed by atoms with van der Waals surface area (Å²) in [7, 11) is 0. The number of nitrogens with zero attached hydrogens (tertiary/aromatic N) is 1. The minimum Gasteiger partial charge on any atom is -0.490 e. The number of ether oxygens (including phenoxy) is 3. The number of halogens is 4. The SMILES string of the molecule is CCOc1cc(/C=C2\N=C(c3cc(I)ccc3Cl)OC2=O)cc(Br)c1OCc1cccc(Br)c1. The molecule has 3 aromatic rings. The first-order valence-electron chi connectivity index (χ1n) is 10.2. The molecule has 3 aromatic carbocycles. The van der Waals surface area contributed by atoms with Gasteiger partial charge in [0.1, 0.15) is 6.61 Å². The third-order valence-electron chi connectivity index (χ3n) is 4.69. The number of aliphatic imine (C=N–C) groups is 1. The van der Waals surface area contributed by atoms with Crippen LogP contribution in [0.15, 0.2) is 74.2 Å². The van der Waals surface area contributed by atoms with Crippen LogP contribution in [-0.4, -0.2) is 18.5 Å². The van der Waals surface area contributed by atoms with Gasteiger partial charge in [0.25, 0.3) is 0 Å². The summed E-state index contributed by atoms with van der Waals surface area (Å²) in [5.41, 5.74) is 2.45. The maximum absolute atomic E-state index is 12.5. The molecule has 5 nitrogen and oxygen atoms in total. The molecule has 9 heteroatoms. The Kier molecular flexibility index (Phi) is 8.34. The molecular weight excluding hydrogens is 700 g/mol. The van der Waals surface area contributed by atoms with Crippen molar-refractivity contribution in [1.82, 2.24) is 0 Å². The molecule has 0 spiro atoms. The van der Waals surface area contributed by atoms with Gasteiger partial charge in [0.15, 0.2) is 17.2 Å². The van der Waals surface area contributed by atoms with Crippen molar-refractivity contribution >= 4 is 84.0 Å². The molecule has 34 heavy (non-hydrogen) atoms. The van der Waals surface area contributed by atoms with Crippen LogP contribution in [0.3, 0.4) is 0 Å². The van der Waals surface area contributed by atoms with Crippen molar-refractivity contribution in [3.8, 4) is 11.5 Å². The number of hydrogen-bond acceptors (Lipinski definition) is 5. The van der Waals surface area contributed by atoms with Crippen LogP contribution in [0.1, 0.15) is 23.6 Å². The summed E-state index contributed by atoms with van der Waals surface area (Å²) in [4.78, 5) is 16.9. The van der Waals surface area contributed by atoms with Gasteiger partial charge in [-0.05, 0) is 105 Å². The Morgan fingerprint density at radius 2 is 1.94 bits per heavy atom. The second kappa shape index (κ2) is 11.2. The maximum Gasteiger partial charge on any atom is 0.363 e. The van der Waals surface area contributed by atoms with Crippen LogP contribution in [0, 0.1) is 3.57 Å². The van der Waals surface area contributed by atoms with Gasteiger partial charge in [-0.3, -0.25) is 0 Å². The van der Waals surface area contributed by atoms with E-state index in [-0.39, 0.29) is 11.6 Å². The fraction of sp³-hybridized carbons (Fsp3) is 0.120. The second-order valence-electron chi connectivity index (χ2n) is 7.14. The Bertz CT molecular complexity index is 1330. The molecule has 174 valence electrons. The quantitative estimate of drug-likeness (QED) is 0.142. The Morgan fingerprint density at radius 1 is 1.12 bits per heavy atom. The van der Waals surface area contributed by atoms with Crippen LogP contribution in [0.5, 0.6) is 11.5 Å². The normalized spacial score (nSPS) is 14.2. The van der Waals surface area contributed by atoms with E-state index in [1.165, 1.54) is 0 Å². The summed E-state index contributed by atoms with van der Waals surface area (Å²) in [6.45, 7) is 2.72. The first kappa shape index (κ1) is 25.2. The van der Waals surface area contributed by atoms with Crippen molar-refractivity contribution in [3.05, 3.63) is 94.5 Å². The number of esters is 1. The molecule has 0 atom stereocenters. The Labute approximate surface area is 232 Å². The lowest BCUT2D eigenvalue weighted by Crippen LogP contribution is -2.06. The number of benzene rings is 3. The van der Waals surface area contributed by atoms with Gasteiger partial charge < -0.3 is 14.2 Å². The van der Waals surface area contributed by atoms with Crippen molar-refractivity contribution in [3.63, 3.8) is 0 Å². The zero-order chi connectivity index (χ0) is 24.2. The minimum absolute atomic E-state index is 0.169. The first-order chi connectivity index (χ1) is 16.3. The predicted molar refractivity (Wildman–Crippen MR) is 149 cm³/mol. The van der Waals surface area contributed by atoms with Gasteiger partial charge in [0.2, 0.25) is 5.90 Å². The van der Waals surface area contributed by atoms with E-state index in [9.17, 15) is 4.79 Å². The highest BCUT2D eigenvalue weighted by atomic mass is 127. The first-order valence-corrected chi connectivity index (χ1v) is 13.2. The zero-order valence-corrected chi connectivity index (χ0v) is 23.9. The molecule has 0 bridgehead atoms. The van der Waals surface area contributed by atoms with Gasteiger partial charge in [-0.2, -0.15) is 0 Å². The standard InChI is InChI=1S/C25H17Br2ClINO4/c1-2-32-22-11-15(9-19(27)23(22)33-13-14-4-3-5-16(26)8-14)10-21-25(31)34-24(30-21)18-12-17(29)6-7-20(18)28/h3-12H,2,13H2,1H3/b21-10-. The summed E-state index contributed by atoms with van der Waals surface area (Å²) in [5, 5.41) is 0.460. The molecule has 0 saturated heterocycles. The number of cyclic esters (lactones) is 1. The third kappa shape index (κ3) is 6.02. The molecule has 0 unspecified atom stereocenters. The summed E-state index contributed by atoms with van der Waals surface area (Å²) in [6.07, 6.45) is 1.64. The molecule has 0 amide bonds. The highest BCUT2D eigenvalue weighted by molar-refractivity contribution is 14.1. The van der Waals surface area contributed by atoms with Crippen LogP contribution in [0.25, 0.3) is 6.08 Å². The Balaban J connectivity index is 1.63. The van der Waals surface area contributed by atoms with Gasteiger partial charge in [-0.15, -0.1) is 0 Å². The number of carbonyl (C=O) groups excluding carboxylic acids is 1. The van der Waals surface area contributed by atoms with Gasteiger partial charge in [0, 0.05) is 8.04 Å². The van der Waals surface area contributed by atoms with Crippen molar-refractivity contribution in [2.45, 2.75) is 13.5 Å². The van der Waals surface area contributed by atoms with Gasteiger partial charge in [-0.25, -0.2) is 9.79 Å². The molecule has 0 radical (unpaired) electrons. The molecular formula is C25H17Br2ClINO4. The number of carbonyl (C=O) groups is 1. The second-order valence-corrected chi connectivity index (χ2v) is 10.6. The molecule has 1 aliphatic rings. The maximum atomic E-state index is 12.5. The van der Waals surface area contributed by atoms with E-state index in [2.05, 4.69) is 59.4 Å². The molecule has 4 rings (SSSR count). The molecule has 0 saturated carbocycles. The average Bonchev–Trinajstić information content (AvgIpc) is 3.15. The van der Waals surface area contributed by atoms with E-state index < -0.39 is 5.97 Å². The summed E-state index contributed by atoms with van der Waals surface area (Å²) in [6, 6.07) is 17.0. The highest BCUT2D eigenvalue weighted by Gasteiger charge is 2.26. The molecule has 1 heterocycles. The zero-order valence-electron chi connectivity index (χ0n) is 17.8. The molecule has 1 aliphatic heterocycles. The monoisotopic (exact) mass is 715 g/mol. The van der Waals surface area contributed by atoms with E-state index in [0.29, 0.717) is 45.3 Å². The largest absolute Gasteiger partial charge is 0.490 e. The number of rotatable bonds is 7. The molecule has 0 aliphatic carbocycles. The van der Waals surface area contributed by atoms with Gasteiger partial charge >= 0.3 is 5.97 Å². The molecule has 0 N–H and O–H groups in total. The Morgan fingerprint density at radius 3 is 2.71 bits per heavy atom. The summed E-state index contributed by atoms with van der Waals surface area (Å²) < 4.78 is 19.9. The van der Waals surface area contributed by atoms with Crippen LogP contribution in [-0.2, 0) is 16.1 Å². The Hall–Kier alpha value is -1.88. The topological polar surface area (TPSA) is 57.1 Å². The molecule has 0 fully saturated rings. The van der Waals surface area contributed by atoms with Crippen LogP contribution in [0.4, 0.5) is 0 Å². The summed E-state index contributed by atoms with van der Waals surface area (Å²) in [5.74, 6) is 0.759. The lowest BCUT2D eigenvalue weighted by Gasteiger charge is -2.15. The predicted octanol–water partition coefficient (Wildman–Crippen LogP) is 7.79. The van der Waals surface area contributed by atoms with Crippen molar-refractivity contribution in [1.29, 1.82) is 0 Å². The van der Waals surface area contributed by atoms with E-state index in [4.69, 9.17) is 25.8 Å². The smallest absolute Gasteiger partial charge is 0.363 e. The van der Waals surface area contributed by atoms with Crippen molar-refractivity contribution in [2.75, 3.05) is 6.61 Å². The van der Waals surface area contributed by atoms with E-state index >= 15 is 0 Å². The van der Waals surface area contributed by atoms with Gasteiger partial charge in [-0.1, -0.05) is 39.7 Å². The van der Waals surface area contributed by atoms with E-state index in [0.717, 1.165) is 13.6 Å².